The predicted octanol–water partition coefficient (Wildman–Crippen LogP) is 3.89. The third-order valence-corrected chi connectivity index (χ3v) is 5.15. The Hall–Kier alpha value is -0.880. The SMILES string of the molecule is CC1(C)CCN(c2ccc(CN)cc2C(F)(F)F)CCS1. The van der Waals surface area contributed by atoms with Crippen molar-refractivity contribution in [3.8, 4) is 0 Å². The van der Waals surface area contributed by atoms with Crippen LogP contribution >= 0.6 is 11.8 Å². The highest BCUT2D eigenvalue weighted by Gasteiger charge is 2.36. The summed E-state index contributed by atoms with van der Waals surface area (Å²) in [6, 6.07) is 4.43. The van der Waals surface area contributed by atoms with E-state index in [-0.39, 0.29) is 17.0 Å². The highest BCUT2D eigenvalue weighted by Crippen LogP contribution is 2.39. The van der Waals surface area contributed by atoms with Crippen LogP contribution in [0.4, 0.5) is 18.9 Å². The number of rotatable bonds is 2. The Morgan fingerprint density at radius 3 is 2.62 bits per heavy atom. The quantitative estimate of drug-likeness (QED) is 0.897. The molecule has 0 saturated carbocycles. The lowest BCUT2D eigenvalue weighted by Gasteiger charge is -2.27. The minimum atomic E-state index is -4.35. The number of nitrogens with zero attached hydrogens (tertiary/aromatic N) is 1. The molecule has 118 valence electrons. The van der Waals surface area contributed by atoms with Gasteiger partial charge in [0, 0.05) is 35.8 Å². The summed E-state index contributed by atoms with van der Waals surface area (Å²) in [5, 5.41) is 0. The van der Waals surface area contributed by atoms with E-state index in [1.807, 2.05) is 16.7 Å². The lowest BCUT2D eigenvalue weighted by atomic mass is 10.1. The van der Waals surface area contributed by atoms with Crippen LogP contribution in [-0.2, 0) is 12.7 Å². The Morgan fingerprint density at radius 1 is 1.29 bits per heavy atom. The van der Waals surface area contributed by atoms with Crippen LogP contribution in [0, 0.1) is 0 Å². The average molecular weight is 318 g/mol. The van der Waals surface area contributed by atoms with Crippen molar-refractivity contribution >= 4 is 17.4 Å². The zero-order valence-electron chi connectivity index (χ0n) is 12.3. The molecule has 1 heterocycles. The van der Waals surface area contributed by atoms with Gasteiger partial charge in [0.15, 0.2) is 0 Å². The molecule has 2 N–H and O–H groups in total. The number of hydrogen-bond acceptors (Lipinski definition) is 3. The molecule has 0 radical (unpaired) electrons. The van der Waals surface area contributed by atoms with Crippen LogP contribution in [0.5, 0.6) is 0 Å². The Bertz CT molecular complexity index is 500. The second-order valence-corrected chi connectivity index (χ2v) is 7.70. The van der Waals surface area contributed by atoms with Gasteiger partial charge in [-0.25, -0.2) is 0 Å². The molecule has 0 aromatic heterocycles. The molecule has 1 aromatic carbocycles. The maximum absolute atomic E-state index is 13.3. The van der Waals surface area contributed by atoms with Crippen LogP contribution in [-0.4, -0.2) is 23.6 Å². The molecule has 21 heavy (non-hydrogen) atoms. The standard InChI is InChI=1S/C15H21F3N2S/c1-14(2)5-6-20(7-8-21-14)13-4-3-11(10-19)9-12(13)15(16,17)18/h3-4,9H,5-8,10,19H2,1-2H3. The van der Waals surface area contributed by atoms with E-state index in [4.69, 9.17) is 5.73 Å². The van der Waals surface area contributed by atoms with Crippen LogP contribution in [0.1, 0.15) is 31.4 Å². The summed E-state index contributed by atoms with van der Waals surface area (Å²) in [5.41, 5.74) is 5.68. The number of anilines is 1. The topological polar surface area (TPSA) is 29.3 Å². The van der Waals surface area contributed by atoms with Gasteiger partial charge < -0.3 is 10.6 Å². The van der Waals surface area contributed by atoms with E-state index >= 15 is 0 Å². The van der Waals surface area contributed by atoms with Crippen molar-refractivity contribution in [2.24, 2.45) is 5.73 Å². The van der Waals surface area contributed by atoms with Gasteiger partial charge in [-0.05, 0) is 24.1 Å². The smallest absolute Gasteiger partial charge is 0.370 e. The molecular weight excluding hydrogens is 297 g/mol. The first kappa shape index (κ1) is 16.5. The average Bonchev–Trinajstić information content (AvgIpc) is 2.58. The maximum atomic E-state index is 13.3. The number of thioether (sulfide) groups is 1. The molecule has 0 spiro atoms. The Kier molecular flexibility index (Phi) is 4.78. The van der Waals surface area contributed by atoms with Crippen molar-refractivity contribution < 1.29 is 13.2 Å². The van der Waals surface area contributed by atoms with E-state index in [1.165, 1.54) is 6.07 Å². The van der Waals surface area contributed by atoms with Crippen LogP contribution in [0.25, 0.3) is 0 Å². The van der Waals surface area contributed by atoms with Crippen molar-refractivity contribution in [2.75, 3.05) is 23.7 Å². The third-order valence-electron chi connectivity index (χ3n) is 3.78. The van der Waals surface area contributed by atoms with E-state index in [1.54, 1.807) is 12.1 Å². The predicted molar refractivity (Wildman–Crippen MR) is 82.7 cm³/mol. The van der Waals surface area contributed by atoms with Gasteiger partial charge in [0.25, 0.3) is 0 Å². The van der Waals surface area contributed by atoms with Crippen molar-refractivity contribution in [3.05, 3.63) is 29.3 Å². The minimum Gasteiger partial charge on any atom is -0.370 e. The van der Waals surface area contributed by atoms with E-state index in [0.717, 1.165) is 12.2 Å². The molecule has 6 heteroatoms. The fraction of sp³-hybridized carbons (Fsp3) is 0.600. The first-order chi connectivity index (χ1) is 9.73. The van der Waals surface area contributed by atoms with Crippen molar-refractivity contribution in [1.82, 2.24) is 0 Å². The lowest BCUT2D eigenvalue weighted by molar-refractivity contribution is -0.137. The van der Waals surface area contributed by atoms with Gasteiger partial charge in [-0.3, -0.25) is 0 Å². The minimum absolute atomic E-state index is 0.115. The van der Waals surface area contributed by atoms with E-state index in [9.17, 15) is 13.2 Å². The largest absolute Gasteiger partial charge is 0.418 e. The second kappa shape index (κ2) is 6.08. The van der Waals surface area contributed by atoms with Gasteiger partial charge in [-0.2, -0.15) is 24.9 Å². The van der Waals surface area contributed by atoms with Crippen molar-refractivity contribution in [2.45, 2.75) is 37.7 Å². The monoisotopic (exact) mass is 318 g/mol. The fourth-order valence-electron chi connectivity index (χ4n) is 2.47. The van der Waals surface area contributed by atoms with E-state index in [0.29, 0.717) is 18.7 Å². The number of benzene rings is 1. The van der Waals surface area contributed by atoms with Crippen LogP contribution in [0.15, 0.2) is 18.2 Å². The summed E-state index contributed by atoms with van der Waals surface area (Å²) in [5.74, 6) is 0.836. The summed E-state index contributed by atoms with van der Waals surface area (Å²) in [6.45, 7) is 5.68. The molecule has 0 unspecified atom stereocenters. The highest BCUT2D eigenvalue weighted by atomic mass is 32.2. The van der Waals surface area contributed by atoms with Crippen LogP contribution in [0.3, 0.4) is 0 Å². The number of hydrogen-bond donors (Lipinski definition) is 1. The first-order valence-corrected chi connectivity index (χ1v) is 8.00. The highest BCUT2D eigenvalue weighted by molar-refractivity contribution is 8.00. The van der Waals surface area contributed by atoms with E-state index in [2.05, 4.69) is 13.8 Å². The fourth-order valence-corrected chi connectivity index (χ4v) is 3.57. The van der Waals surface area contributed by atoms with Crippen molar-refractivity contribution in [1.29, 1.82) is 0 Å². The maximum Gasteiger partial charge on any atom is 0.418 e. The normalized spacial score (nSPS) is 19.4. The summed E-state index contributed by atoms with van der Waals surface area (Å²) in [6.07, 6.45) is -3.48. The molecule has 2 nitrogen and oxygen atoms in total. The zero-order valence-corrected chi connectivity index (χ0v) is 13.2. The molecular formula is C15H21F3N2S. The summed E-state index contributed by atoms with van der Waals surface area (Å²) < 4.78 is 40.0. The Balaban J connectivity index is 2.34. The van der Waals surface area contributed by atoms with Gasteiger partial charge in [-0.1, -0.05) is 19.9 Å². The van der Waals surface area contributed by atoms with Gasteiger partial charge in [0.05, 0.1) is 5.56 Å². The first-order valence-electron chi connectivity index (χ1n) is 7.02. The lowest BCUT2D eigenvalue weighted by Crippen LogP contribution is -2.29. The molecule has 1 saturated heterocycles. The zero-order chi connectivity index (χ0) is 15.7. The molecule has 1 aliphatic heterocycles. The van der Waals surface area contributed by atoms with Crippen LogP contribution < -0.4 is 10.6 Å². The second-order valence-electron chi connectivity index (χ2n) is 5.90. The summed E-state index contributed by atoms with van der Waals surface area (Å²) >= 11 is 1.82. The molecule has 0 atom stereocenters. The van der Waals surface area contributed by atoms with Gasteiger partial charge in [0.2, 0.25) is 0 Å². The van der Waals surface area contributed by atoms with E-state index < -0.39 is 11.7 Å². The number of nitrogens with two attached hydrogens (primary N) is 1. The molecule has 1 fully saturated rings. The molecule has 2 rings (SSSR count). The summed E-state index contributed by atoms with van der Waals surface area (Å²) in [7, 11) is 0. The Labute approximate surface area is 127 Å². The van der Waals surface area contributed by atoms with Crippen LogP contribution in [0.2, 0.25) is 0 Å². The summed E-state index contributed by atoms with van der Waals surface area (Å²) in [4.78, 5) is 1.85. The van der Waals surface area contributed by atoms with Gasteiger partial charge in [0.1, 0.15) is 0 Å². The Morgan fingerprint density at radius 2 is 2.00 bits per heavy atom. The molecule has 0 aliphatic carbocycles. The number of halogens is 3. The van der Waals surface area contributed by atoms with Gasteiger partial charge in [-0.15, -0.1) is 0 Å². The molecule has 1 aliphatic rings. The molecule has 0 amide bonds. The van der Waals surface area contributed by atoms with Gasteiger partial charge >= 0.3 is 6.18 Å². The third kappa shape index (κ3) is 4.07. The molecule has 1 aromatic rings. The van der Waals surface area contributed by atoms with Crippen molar-refractivity contribution in [3.63, 3.8) is 0 Å². The molecule has 0 bridgehead atoms. The number of alkyl halides is 3.